The van der Waals surface area contributed by atoms with Crippen LogP contribution in [0.2, 0.25) is 0 Å². The molecule has 1 atom stereocenters. The lowest BCUT2D eigenvalue weighted by molar-refractivity contribution is -0.128. The lowest BCUT2D eigenvalue weighted by atomic mass is 9.95. The Morgan fingerprint density at radius 1 is 1.06 bits per heavy atom. The molecule has 33 heavy (non-hydrogen) atoms. The van der Waals surface area contributed by atoms with E-state index in [1.165, 1.54) is 0 Å². The van der Waals surface area contributed by atoms with Crippen molar-refractivity contribution >= 4 is 20.4 Å². The predicted octanol–water partition coefficient (Wildman–Crippen LogP) is 4.46. The van der Waals surface area contributed by atoms with Gasteiger partial charge in [0.1, 0.15) is 0 Å². The van der Waals surface area contributed by atoms with Crippen molar-refractivity contribution in [2.75, 3.05) is 52.3 Å². The summed E-state index contributed by atoms with van der Waals surface area (Å²) in [5.41, 5.74) is -0.562. The third-order valence-corrected chi connectivity index (χ3v) is 5.55. The highest BCUT2D eigenvalue weighted by molar-refractivity contribution is 7.37. The third-order valence-electron chi connectivity index (χ3n) is 4.31. The molecule has 0 bridgehead atoms. The fourth-order valence-electron chi connectivity index (χ4n) is 2.44. The van der Waals surface area contributed by atoms with E-state index in [-0.39, 0.29) is 30.9 Å². The van der Waals surface area contributed by atoms with Crippen LogP contribution in [-0.4, -0.2) is 74.9 Å². The molecule has 7 nitrogen and oxygen atoms in total. The number of hydrogen-bond acceptors (Lipinski definition) is 5. The van der Waals surface area contributed by atoms with Crippen LogP contribution < -0.4 is 10.6 Å². The topological polar surface area (TPSA) is 96.9 Å². The van der Waals surface area contributed by atoms with Gasteiger partial charge in [-0.15, -0.1) is 8.58 Å². The van der Waals surface area contributed by atoms with Crippen molar-refractivity contribution in [1.82, 2.24) is 10.6 Å². The van der Waals surface area contributed by atoms with Crippen molar-refractivity contribution in [1.29, 1.82) is 0 Å². The molecule has 0 aliphatic rings. The van der Waals surface area contributed by atoms with E-state index in [0.717, 1.165) is 34.2 Å². The second-order valence-electron chi connectivity index (χ2n) is 9.34. The Balaban J connectivity index is -0.000000315. The quantitative estimate of drug-likeness (QED) is 0.217. The molecule has 1 unspecified atom stereocenters. The van der Waals surface area contributed by atoms with E-state index in [9.17, 15) is 9.59 Å². The third kappa shape index (κ3) is 25.7. The van der Waals surface area contributed by atoms with Gasteiger partial charge in [0.05, 0.1) is 25.4 Å². The molecule has 0 radical (unpaired) electrons. The largest absolute Gasteiger partial charge is 0.395 e. The standard InChI is InChI=1S/C17H36NO3P.C6H13NO2.C2H6.H2/c1-14(2)8-10-21-17(5,6)12-20-11-9-18-15(19)16(3,4)13-22-7;1-2-3-6(9)7-4-5-8;1-2;/h14,22H,8-13H2,1-7H3,(H,18,19);8H,2-5H2,1H3,(H,7,9);1-2H3;1H. The smallest absolute Gasteiger partial charge is 0.226 e. The Kier molecular flexibility index (Phi) is 25.7. The Labute approximate surface area is 207 Å². The molecule has 0 aromatic carbocycles. The molecule has 0 aliphatic carbocycles. The molecule has 3 N–H and O–H groups in total. The molecule has 0 saturated heterocycles. The van der Waals surface area contributed by atoms with Gasteiger partial charge in [-0.2, -0.15) is 0 Å². The van der Waals surface area contributed by atoms with Gasteiger partial charge in [-0.3, -0.25) is 9.59 Å². The van der Waals surface area contributed by atoms with E-state index in [2.05, 4.69) is 31.1 Å². The Morgan fingerprint density at radius 2 is 1.67 bits per heavy atom. The minimum absolute atomic E-state index is 0. The molecule has 0 spiro atoms. The summed E-state index contributed by atoms with van der Waals surface area (Å²) in [6.07, 6.45) is 3.40. The van der Waals surface area contributed by atoms with Crippen molar-refractivity contribution < 1.29 is 25.6 Å². The van der Waals surface area contributed by atoms with E-state index < -0.39 is 0 Å². The first-order valence-corrected chi connectivity index (χ1v) is 14.1. The Bertz CT molecular complexity index is 478. The van der Waals surface area contributed by atoms with E-state index in [4.69, 9.17) is 14.6 Å². The molecule has 8 heteroatoms. The second kappa shape index (κ2) is 23.0. The van der Waals surface area contributed by atoms with Gasteiger partial charge < -0.3 is 25.2 Å². The molecule has 202 valence electrons. The van der Waals surface area contributed by atoms with Crippen molar-refractivity contribution in [3.05, 3.63) is 0 Å². The van der Waals surface area contributed by atoms with Gasteiger partial charge in [-0.25, -0.2) is 0 Å². The van der Waals surface area contributed by atoms with Crippen LogP contribution in [0.3, 0.4) is 0 Å². The molecule has 0 heterocycles. The summed E-state index contributed by atoms with van der Waals surface area (Å²) in [5.74, 6) is 0.781. The van der Waals surface area contributed by atoms with Gasteiger partial charge in [-0.05, 0) is 45.4 Å². The second-order valence-corrected chi connectivity index (χ2v) is 10.4. The molecule has 0 fully saturated rings. The molecule has 0 saturated carbocycles. The number of rotatable bonds is 16. The highest BCUT2D eigenvalue weighted by atomic mass is 31.1. The van der Waals surface area contributed by atoms with E-state index in [0.29, 0.717) is 38.6 Å². The van der Waals surface area contributed by atoms with Crippen LogP contribution in [0.1, 0.15) is 83.0 Å². The molecular weight excluding hydrogens is 439 g/mol. The Hall–Kier alpha value is -0.750. The summed E-state index contributed by atoms with van der Waals surface area (Å²) in [6.45, 7) is 23.3. The fraction of sp³-hybridized carbons (Fsp3) is 0.920. The normalized spacial score (nSPS) is 11.5. The lowest BCUT2D eigenvalue weighted by Crippen LogP contribution is -2.40. The maximum absolute atomic E-state index is 12.0. The van der Waals surface area contributed by atoms with Gasteiger partial charge in [0, 0.05) is 33.0 Å². The lowest BCUT2D eigenvalue weighted by Gasteiger charge is -2.26. The molecule has 0 aromatic heterocycles. The molecule has 0 aromatic rings. The fourth-order valence-corrected chi connectivity index (χ4v) is 3.48. The van der Waals surface area contributed by atoms with Crippen LogP contribution in [0.15, 0.2) is 0 Å². The molecule has 0 rings (SSSR count). The average Bonchev–Trinajstić information content (AvgIpc) is 2.73. The maximum Gasteiger partial charge on any atom is 0.226 e. The van der Waals surface area contributed by atoms with Gasteiger partial charge in [0.15, 0.2) is 0 Å². The van der Waals surface area contributed by atoms with Gasteiger partial charge >= 0.3 is 0 Å². The SMILES string of the molecule is CC.CCCC(=O)NCCO.CPCC(C)(C)C(=O)NCCOCC(C)(C)OCCC(C)C.[HH]. The zero-order valence-electron chi connectivity index (χ0n) is 23.2. The minimum atomic E-state index is -0.285. The number of carbonyl (C=O) groups excluding carboxylic acids is 2. The number of hydrogen-bond donors (Lipinski definition) is 3. The summed E-state index contributed by atoms with van der Waals surface area (Å²) >= 11 is 0. The number of aliphatic hydroxyl groups excluding tert-OH is 1. The van der Waals surface area contributed by atoms with Crippen LogP contribution in [0.5, 0.6) is 0 Å². The van der Waals surface area contributed by atoms with Crippen LogP contribution in [-0.2, 0) is 19.1 Å². The zero-order valence-corrected chi connectivity index (χ0v) is 24.2. The molecular formula is C25H57N2O5P. The zero-order chi connectivity index (χ0) is 26.3. The first-order chi connectivity index (χ1) is 15.4. The van der Waals surface area contributed by atoms with Gasteiger partial charge in [0.2, 0.25) is 11.8 Å². The van der Waals surface area contributed by atoms with E-state index in [1.54, 1.807) is 0 Å². The summed E-state index contributed by atoms with van der Waals surface area (Å²) in [5, 5.41) is 13.8. The van der Waals surface area contributed by atoms with Crippen LogP contribution >= 0.6 is 8.58 Å². The van der Waals surface area contributed by atoms with Crippen molar-refractivity contribution in [3.63, 3.8) is 0 Å². The monoisotopic (exact) mass is 496 g/mol. The van der Waals surface area contributed by atoms with E-state index in [1.807, 2.05) is 48.5 Å². The number of amides is 2. The highest BCUT2D eigenvalue weighted by Gasteiger charge is 2.26. The minimum Gasteiger partial charge on any atom is -0.395 e. The molecule has 2 amide bonds. The maximum atomic E-state index is 12.0. The number of carbonyl (C=O) groups is 2. The summed E-state index contributed by atoms with van der Waals surface area (Å²) in [6, 6.07) is 0. The number of ether oxygens (including phenoxy) is 2. The first-order valence-electron chi connectivity index (χ1n) is 12.4. The molecule has 0 aliphatic heterocycles. The predicted molar refractivity (Wildman–Crippen MR) is 145 cm³/mol. The summed E-state index contributed by atoms with van der Waals surface area (Å²) < 4.78 is 11.5. The van der Waals surface area contributed by atoms with Crippen LogP contribution in [0, 0.1) is 11.3 Å². The number of nitrogens with one attached hydrogen (secondary N) is 2. The first kappa shape index (κ1) is 36.8. The Morgan fingerprint density at radius 3 is 2.15 bits per heavy atom. The van der Waals surface area contributed by atoms with Crippen molar-refractivity contribution in [2.24, 2.45) is 11.3 Å². The van der Waals surface area contributed by atoms with Crippen LogP contribution in [0.25, 0.3) is 0 Å². The summed E-state index contributed by atoms with van der Waals surface area (Å²) in [7, 11) is 0.789. The van der Waals surface area contributed by atoms with Gasteiger partial charge in [-0.1, -0.05) is 48.5 Å². The highest BCUT2D eigenvalue weighted by Crippen LogP contribution is 2.23. The summed E-state index contributed by atoms with van der Waals surface area (Å²) in [4.78, 5) is 22.6. The van der Waals surface area contributed by atoms with E-state index >= 15 is 0 Å². The number of aliphatic hydroxyl groups is 1. The van der Waals surface area contributed by atoms with Crippen LogP contribution in [0.4, 0.5) is 0 Å². The van der Waals surface area contributed by atoms with Crippen molar-refractivity contribution in [2.45, 2.75) is 87.2 Å². The van der Waals surface area contributed by atoms with Crippen molar-refractivity contribution in [3.8, 4) is 0 Å². The van der Waals surface area contributed by atoms with Gasteiger partial charge in [0.25, 0.3) is 0 Å². The average molecular weight is 497 g/mol.